The van der Waals surface area contributed by atoms with Gasteiger partial charge in [0.25, 0.3) is 25.9 Å². The van der Waals surface area contributed by atoms with E-state index in [0.717, 1.165) is 0 Å². The lowest BCUT2D eigenvalue weighted by Gasteiger charge is -2.33. The van der Waals surface area contributed by atoms with Crippen LogP contribution in [-0.2, 0) is 63.8 Å². The molecule has 0 aromatic heterocycles. The third-order valence-corrected chi connectivity index (χ3v) is 10.2. The van der Waals surface area contributed by atoms with E-state index in [0.29, 0.717) is 109 Å². The van der Waals surface area contributed by atoms with E-state index in [1.165, 1.54) is 12.1 Å². The minimum atomic E-state index is -1.49. The van der Waals surface area contributed by atoms with Crippen LogP contribution in [0.15, 0.2) is 24.3 Å². The van der Waals surface area contributed by atoms with Crippen molar-refractivity contribution in [3.8, 4) is 0 Å². The monoisotopic (exact) mass is 910 g/mol. The number of benzene rings is 1. The van der Waals surface area contributed by atoms with E-state index in [1.54, 1.807) is 17.0 Å². The number of nitrogens with one attached hydrogen (secondary N) is 2. The number of urea groups is 1. The van der Waals surface area contributed by atoms with Gasteiger partial charge in [-0.2, -0.15) is 0 Å². The highest BCUT2D eigenvalue weighted by atomic mass is 18.2. The maximum absolute atomic E-state index is 13.6. The zero-order valence-corrected chi connectivity index (χ0v) is 36.1. The lowest BCUT2D eigenvalue weighted by Crippen LogP contribution is -2.49. The second kappa shape index (κ2) is 32.8. The molecule has 2 atom stereocenters. The van der Waals surface area contributed by atoms with Crippen LogP contribution in [0.25, 0.3) is 0 Å². The molecule has 1 fully saturated rings. The third kappa shape index (κ3) is 24.8. The Balaban J connectivity index is 1.94. The minimum absolute atomic E-state index is 0.00338. The second-order valence-corrected chi connectivity index (χ2v) is 15.0. The van der Waals surface area contributed by atoms with E-state index in [-0.39, 0.29) is 83.7 Å². The Bertz CT molecular complexity index is 1570. The number of carboxylic acid groups (broad SMARTS) is 2. The summed E-state index contributed by atoms with van der Waals surface area (Å²) in [5.41, 5.74) is 0.698. The summed E-state index contributed by atoms with van der Waals surface area (Å²) in [5.74, 6) is -3.27. The molecule has 1 aromatic carbocycles. The van der Waals surface area contributed by atoms with E-state index < -0.39 is 42.5 Å². The van der Waals surface area contributed by atoms with E-state index in [1.807, 2.05) is 19.6 Å². The van der Waals surface area contributed by atoms with Crippen molar-refractivity contribution in [3.05, 3.63) is 35.6 Å². The first-order valence-corrected chi connectivity index (χ1v) is 21.1. The molecule has 1 heterocycles. The number of rotatable bonds is 32. The molecule has 1 saturated heterocycles. The molecular weight excluding hydrogens is 848 g/mol. The fourth-order valence-corrected chi connectivity index (χ4v) is 6.64. The molecule has 2 rings (SSSR count). The number of carbonyl (C=O) groups excluding carboxylic acids is 7. The number of amides is 3. The Morgan fingerprint density at radius 1 is 0.656 bits per heavy atom. The van der Waals surface area contributed by atoms with Gasteiger partial charge >= 0.3 is 18.0 Å². The fraction of sp³-hybridized carbons (Fsp3) is 0.634. The summed E-state index contributed by atoms with van der Waals surface area (Å²) in [6, 6.07) is 3.27. The molecule has 23 heteroatoms. The zero-order valence-electron chi connectivity index (χ0n) is 36.1. The van der Waals surface area contributed by atoms with Crippen LogP contribution >= 0.6 is 0 Å². The van der Waals surface area contributed by atoms with Gasteiger partial charge in [-0.25, -0.2) is 14.0 Å². The number of Topliss-reactive ketones (excluding diaryl/α,β-unsaturated/α-hetero) is 1. The second-order valence-electron chi connectivity index (χ2n) is 15.0. The Morgan fingerprint density at radius 3 is 1.69 bits per heavy atom. The van der Waals surface area contributed by atoms with Gasteiger partial charge in [0.15, 0.2) is 6.23 Å². The fourth-order valence-electron chi connectivity index (χ4n) is 6.64. The largest absolute Gasteiger partial charge is 0.481 e. The highest BCUT2D eigenvalue weighted by Gasteiger charge is 2.24. The van der Waals surface area contributed by atoms with E-state index in [2.05, 4.69) is 10.6 Å². The van der Waals surface area contributed by atoms with Crippen molar-refractivity contribution < 1.29 is 76.7 Å². The van der Waals surface area contributed by atoms with Crippen molar-refractivity contribution in [2.24, 2.45) is 0 Å². The highest BCUT2D eigenvalue weighted by Crippen LogP contribution is 2.14. The van der Waals surface area contributed by atoms with Gasteiger partial charge in [-0.15, -0.1) is 0 Å². The van der Waals surface area contributed by atoms with Gasteiger partial charge in [-0.05, 0) is 49.8 Å². The molecule has 0 bridgehead atoms. The molecule has 0 radical (unpaired) electrons. The van der Waals surface area contributed by atoms with Crippen molar-refractivity contribution in [2.75, 3.05) is 85.6 Å². The van der Waals surface area contributed by atoms with Crippen LogP contribution in [0, 0.1) is 5.82 Å². The van der Waals surface area contributed by atoms with Crippen molar-refractivity contribution in [1.82, 2.24) is 35.1 Å². The molecule has 1 aliphatic heterocycles. The average molecular weight is 911 g/mol. The Kier molecular flexibility index (Phi) is 27.9. The SMILES string of the molecule is O=COCN1CCN(COC=O)CCN(CC(=O)CCCCCC(=O)N(CCCC[C@H](NC(=O)N[C@@H](CCC(=O)O)C(=O)O)OC=O)Cc2ccc([18F])cc2)CCN(COC=O)CC1. The molecule has 0 aliphatic carbocycles. The first-order valence-electron chi connectivity index (χ1n) is 21.1. The molecule has 0 unspecified atom stereocenters. The number of halogens is 1. The van der Waals surface area contributed by atoms with Gasteiger partial charge in [0.2, 0.25) is 5.91 Å². The third-order valence-electron chi connectivity index (χ3n) is 10.2. The van der Waals surface area contributed by atoms with E-state index in [9.17, 15) is 52.6 Å². The van der Waals surface area contributed by atoms with Gasteiger partial charge in [-0.3, -0.25) is 53.2 Å². The minimum Gasteiger partial charge on any atom is -0.481 e. The molecule has 3 amide bonds. The molecule has 0 spiro atoms. The number of nitrogens with zero attached hydrogens (tertiary/aromatic N) is 5. The number of unbranched alkanes of at least 4 members (excludes halogenated alkanes) is 3. The van der Waals surface area contributed by atoms with Crippen molar-refractivity contribution in [1.29, 1.82) is 0 Å². The maximum Gasteiger partial charge on any atom is 0.326 e. The number of ketones is 1. The first-order chi connectivity index (χ1) is 30.9. The van der Waals surface area contributed by atoms with Crippen LogP contribution in [0.4, 0.5) is 9.18 Å². The van der Waals surface area contributed by atoms with Gasteiger partial charge in [-0.1, -0.05) is 18.6 Å². The topological polar surface area (TPSA) is 271 Å². The van der Waals surface area contributed by atoms with Crippen molar-refractivity contribution >= 4 is 55.5 Å². The maximum atomic E-state index is 13.6. The molecule has 0 saturated carbocycles. The number of carboxylic acids is 2. The smallest absolute Gasteiger partial charge is 0.326 e. The Labute approximate surface area is 371 Å². The van der Waals surface area contributed by atoms with Crippen LogP contribution < -0.4 is 10.6 Å². The first kappa shape index (κ1) is 54.4. The summed E-state index contributed by atoms with van der Waals surface area (Å²) in [7, 11) is 0. The summed E-state index contributed by atoms with van der Waals surface area (Å²) in [6.07, 6.45) is 0.988. The van der Waals surface area contributed by atoms with Crippen molar-refractivity contribution in [2.45, 2.75) is 83.0 Å². The lowest BCUT2D eigenvalue weighted by atomic mass is 10.1. The Hall–Kier alpha value is -5.78. The molecular formula is C41H62FN7O15. The average Bonchev–Trinajstić information content (AvgIpc) is 3.26. The van der Waals surface area contributed by atoms with E-state index >= 15 is 0 Å². The molecule has 358 valence electrons. The van der Waals surface area contributed by atoms with Gasteiger partial charge in [0.05, 0.1) is 6.54 Å². The molecule has 1 aromatic rings. The number of hydrogen-bond acceptors (Lipinski definition) is 17. The van der Waals surface area contributed by atoms with Crippen molar-refractivity contribution in [3.63, 3.8) is 0 Å². The van der Waals surface area contributed by atoms with Gasteiger partial charge in [0.1, 0.15) is 37.8 Å². The quantitative estimate of drug-likeness (QED) is 0.0333. The predicted octanol–water partition coefficient (Wildman–Crippen LogP) is 0.574. The summed E-state index contributed by atoms with van der Waals surface area (Å²) in [5, 5.41) is 22.7. The van der Waals surface area contributed by atoms with Crippen LogP contribution in [-0.4, -0.2) is 188 Å². The van der Waals surface area contributed by atoms with E-state index in [4.69, 9.17) is 24.1 Å². The van der Waals surface area contributed by atoms with Crippen LogP contribution in [0.5, 0.6) is 0 Å². The molecule has 1 aliphatic rings. The van der Waals surface area contributed by atoms with Gasteiger partial charge in [0, 0.05) is 91.1 Å². The molecule has 4 N–H and O–H groups in total. The van der Waals surface area contributed by atoms with Crippen LogP contribution in [0.1, 0.15) is 69.8 Å². The normalized spacial score (nSPS) is 15.5. The predicted molar refractivity (Wildman–Crippen MR) is 222 cm³/mol. The number of hydrogen-bond donors (Lipinski definition) is 4. The standard InChI is InChI=1S/C41H62FN7O15/c42-34-11-9-33(10-12-34)24-49(15-5-4-7-37(64-32-53)44-41(60)43-36(40(58)59)13-14-39(56)57)38(55)8-3-1-2-6-35(54)25-45-16-18-46(26-61-29-50)20-22-48(28-63-31-52)23-21-47(19-17-45)27-62-30-51/h9-12,29-32,36-37H,1-8,13-28H2,(H,56,57)(H,58,59)(H2,43,44,60)/t36-,37+/m0/s1/i42-1. The summed E-state index contributed by atoms with van der Waals surface area (Å²) in [6.45, 7) is 5.79. The molecule has 64 heavy (non-hydrogen) atoms. The van der Waals surface area contributed by atoms with Crippen LogP contribution in [0.2, 0.25) is 0 Å². The molecule has 22 nitrogen and oxygen atoms in total. The summed E-state index contributed by atoms with van der Waals surface area (Å²) >= 11 is 0. The zero-order chi connectivity index (χ0) is 47.0. The number of carbonyl (C=O) groups is 9. The highest BCUT2D eigenvalue weighted by molar-refractivity contribution is 5.83. The van der Waals surface area contributed by atoms with Gasteiger partial charge < -0.3 is 44.7 Å². The van der Waals surface area contributed by atoms with Crippen LogP contribution in [0.3, 0.4) is 0 Å². The summed E-state index contributed by atoms with van der Waals surface area (Å²) < 4.78 is 33.6. The number of aliphatic carboxylic acids is 2. The lowest BCUT2D eigenvalue weighted by molar-refractivity contribution is -0.141. The summed E-state index contributed by atoms with van der Waals surface area (Å²) in [4.78, 5) is 115. The number of ether oxygens (including phenoxy) is 4. The Morgan fingerprint density at radius 2 is 1.19 bits per heavy atom.